The molecule has 0 aromatic carbocycles. The van der Waals surface area contributed by atoms with Crippen molar-refractivity contribution >= 4 is 5.97 Å². The van der Waals surface area contributed by atoms with Crippen LogP contribution in [0.2, 0.25) is 0 Å². The number of carboxylic acid groups (broad SMARTS) is 1. The highest BCUT2D eigenvalue weighted by Crippen LogP contribution is 2.29. The molecule has 0 aliphatic carbocycles. The van der Waals surface area contributed by atoms with Crippen LogP contribution in [0.3, 0.4) is 0 Å². The smallest absolute Gasteiger partial charge is 0.415 e. The Hall–Kier alpha value is -0.780. The van der Waals surface area contributed by atoms with Crippen molar-refractivity contribution in [1.82, 2.24) is 0 Å². The molecule has 0 fully saturated rings. The van der Waals surface area contributed by atoms with Crippen molar-refractivity contribution in [2.45, 2.75) is 32.5 Å². The van der Waals surface area contributed by atoms with E-state index in [2.05, 4.69) is 0 Å². The van der Waals surface area contributed by atoms with E-state index < -0.39 is 24.2 Å². The average Bonchev–Trinajstić information content (AvgIpc) is 1.96. The summed E-state index contributed by atoms with van der Waals surface area (Å²) in [4.78, 5) is 10.5. The maximum atomic E-state index is 12.0. The molecular weight excluding hydrogens is 201 g/mol. The van der Waals surface area contributed by atoms with Crippen LogP contribution in [0.1, 0.15) is 20.3 Å². The summed E-state index contributed by atoms with van der Waals surface area (Å²) in [6.07, 6.45) is -7.86. The number of hydrogen-bond donors (Lipinski definition) is 2. The van der Waals surface area contributed by atoms with E-state index in [1.807, 2.05) is 0 Å². The lowest BCUT2D eigenvalue weighted by molar-refractivity contribution is -0.224. The van der Waals surface area contributed by atoms with Crippen molar-refractivity contribution in [1.29, 1.82) is 0 Å². The van der Waals surface area contributed by atoms with Gasteiger partial charge in [0.2, 0.25) is 0 Å². The van der Waals surface area contributed by atoms with Crippen LogP contribution >= 0.6 is 0 Å². The molecule has 0 aromatic heterocycles. The summed E-state index contributed by atoms with van der Waals surface area (Å²) in [6, 6.07) is 0. The minimum Gasteiger partial charge on any atom is -0.481 e. The average molecular weight is 214 g/mol. The summed E-state index contributed by atoms with van der Waals surface area (Å²) in [5, 5.41) is 17.3. The molecular formula is C8H13F3O3. The van der Waals surface area contributed by atoms with Crippen LogP contribution in [0.25, 0.3) is 0 Å². The zero-order valence-electron chi connectivity index (χ0n) is 7.88. The van der Waals surface area contributed by atoms with Crippen LogP contribution in [-0.4, -0.2) is 28.5 Å². The normalized spacial score (nSPS) is 16.8. The molecule has 84 valence electrons. The van der Waals surface area contributed by atoms with Crippen molar-refractivity contribution < 1.29 is 28.2 Å². The van der Waals surface area contributed by atoms with Gasteiger partial charge in [0.15, 0.2) is 6.10 Å². The van der Waals surface area contributed by atoms with Crippen LogP contribution in [0.15, 0.2) is 0 Å². The molecule has 0 aliphatic rings. The Kier molecular flexibility index (Phi) is 4.38. The fraction of sp³-hybridized carbons (Fsp3) is 0.875. The maximum absolute atomic E-state index is 12.0. The minimum atomic E-state index is -4.88. The summed E-state index contributed by atoms with van der Waals surface area (Å²) in [7, 11) is 0. The summed E-state index contributed by atoms with van der Waals surface area (Å²) < 4.78 is 36.0. The van der Waals surface area contributed by atoms with Gasteiger partial charge in [-0.3, -0.25) is 4.79 Å². The number of aliphatic carboxylic acids is 1. The molecule has 0 bridgehead atoms. The lowest BCUT2D eigenvalue weighted by atomic mass is 9.92. The van der Waals surface area contributed by atoms with E-state index in [9.17, 15) is 18.0 Å². The van der Waals surface area contributed by atoms with Gasteiger partial charge < -0.3 is 10.2 Å². The summed E-state index contributed by atoms with van der Waals surface area (Å²) in [5.41, 5.74) is 0. The first kappa shape index (κ1) is 13.2. The van der Waals surface area contributed by atoms with E-state index in [1.54, 1.807) is 13.8 Å². The molecule has 0 heterocycles. The largest absolute Gasteiger partial charge is 0.481 e. The monoisotopic (exact) mass is 214 g/mol. The molecule has 0 unspecified atom stereocenters. The van der Waals surface area contributed by atoms with E-state index in [0.29, 0.717) is 0 Å². The number of hydrogen-bond acceptors (Lipinski definition) is 2. The van der Waals surface area contributed by atoms with Crippen molar-refractivity contribution in [3.63, 3.8) is 0 Å². The SMILES string of the molecule is CC(C)C[C@H](C(=O)O)[C@@H](O)C(F)(F)F. The van der Waals surface area contributed by atoms with E-state index >= 15 is 0 Å². The van der Waals surface area contributed by atoms with Crippen LogP contribution in [-0.2, 0) is 4.79 Å². The zero-order valence-corrected chi connectivity index (χ0v) is 7.88. The van der Waals surface area contributed by atoms with E-state index in [4.69, 9.17) is 10.2 Å². The van der Waals surface area contributed by atoms with Crippen molar-refractivity contribution in [2.24, 2.45) is 11.8 Å². The highest BCUT2D eigenvalue weighted by Gasteiger charge is 2.46. The van der Waals surface area contributed by atoms with Crippen molar-refractivity contribution in [2.75, 3.05) is 0 Å². The van der Waals surface area contributed by atoms with Crippen LogP contribution in [0, 0.1) is 11.8 Å². The van der Waals surface area contributed by atoms with Gasteiger partial charge in [-0.2, -0.15) is 13.2 Å². The second-order valence-electron chi connectivity index (χ2n) is 3.56. The number of aliphatic hydroxyl groups is 1. The standard InChI is InChI=1S/C8H13F3O3/c1-4(2)3-5(7(13)14)6(12)8(9,10)11/h4-6,12H,3H2,1-2H3,(H,13,14)/t5-,6+/m0/s1. The third-order valence-electron chi connectivity index (χ3n) is 1.76. The Morgan fingerprint density at radius 2 is 1.79 bits per heavy atom. The van der Waals surface area contributed by atoms with Gasteiger partial charge in [-0.25, -0.2) is 0 Å². The Labute approximate surface area is 79.5 Å². The van der Waals surface area contributed by atoms with Crippen LogP contribution in [0.5, 0.6) is 0 Å². The van der Waals surface area contributed by atoms with Gasteiger partial charge in [0.1, 0.15) is 0 Å². The van der Waals surface area contributed by atoms with Gasteiger partial charge in [-0.15, -0.1) is 0 Å². The molecule has 0 rings (SSSR count). The Morgan fingerprint density at radius 3 is 2.00 bits per heavy atom. The van der Waals surface area contributed by atoms with Gasteiger partial charge in [-0.1, -0.05) is 13.8 Å². The number of rotatable bonds is 4. The van der Waals surface area contributed by atoms with Crippen LogP contribution < -0.4 is 0 Å². The number of carboxylic acids is 1. The molecule has 0 spiro atoms. The molecule has 0 aliphatic heterocycles. The Bertz CT molecular complexity index is 200. The topological polar surface area (TPSA) is 57.5 Å². The predicted octanol–water partition coefficient (Wildman–Crippen LogP) is 1.66. The number of aliphatic hydroxyl groups excluding tert-OH is 1. The molecule has 0 aromatic rings. The molecule has 3 nitrogen and oxygen atoms in total. The van der Waals surface area contributed by atoms with Crippen molar-refractivity contribution in [3.8, 4) is 0 Å². The summed E-state index contributed by atoms with van der Waals surface area (Å²) in [6.45, 7) is 3.19. The van der Waals surface area contributed by atoms with E-state index in [0.717, 1.165) is 0 Å². The predicted molar refractivity (Wildman–Crippen MR) is 42.6 cm³/mol. The van der Waals surface area contributed by atoms with Gasteiger partial charge in [0, 0.05) is 0 Å². The molecule has 2 N–H and O–H groups in total. The second kappa shape index (κ2) is 4.63. The Balaban J connectivity index is 4.58. The second-order valence-corrected chi connectivity index (χ2v) is 3.56. The lowest BCUT2D eigenvalue weighted by Crippen LogP contribution is -2.40. The van der Waals surface area contributed by atoms with Crippen LogP contribution in [0.4, 0.5) is 13.2 Å². The lowest BCUT2D eigenvalue weighted by Gasteiger charge is -2.22. The summed E-state index contributed by atoms with van der Waals surface area (Å²) in [5.74, 6) is -3.62. The molecule has 0 saturated carbocycles. The molecule has 0 radical (unpaired) electrons. The molecule has 14 heavy (non-hydrogen) atoms. The van der Waals surface area contributed by atoms with Gasteiger partial charge in [-0.05, 0) is 12.3 Å². The first-order valence-electron chi connectivity index (χ1n) is 4.13. The van der Waals surface area contributed by atoms with Gasteiger partial charge in [0.25, 0.3) is 0 Å². The quantitative estimate of drug-likeness (QED) is 0.748. The van der Waals surface area contributed by atoms with E-state index in [-0.39, 0.29) is 12.3 Å². The fourth-order valence-corrected chi connectivity index (χ4v) is 1.10. The first-order valence-corrected chi connectivity index (χ1v) is 4.13. The molecule has 0 saturated heterocycles. The number of alkyl halides is 3. The minimum absolute atomic E-state index is 0.198. The van der Waals surface area contributed by atoms with Crippen molar-refractivity contribution in [3.05, 3.63) is 0 Å². The Morgan fingerprint density at radius 1 is 1.36 bits per heavy atom. The number of halogens is 3. The maximum Gasteiger partial charge on any atom is 0.415 e. The van der Waals surface area contributed by atoms with E-state index in [1.165, 1.54) is 0 Å². The van der Waals surface area contributed by atoms with Gasteiger partial charge >= 0.3 is 12.1 Å². The third kappa shape index (κ3) is 3.95. The first-order chi connectivity index (χ1) is 6.16. The number of carbonyl (C=O) groups is 1. The highest BCUT2D eigenvalue weighted by molar-refractivity contribution is 5.70. The highest BCUT2D eigenvalue weighted by atomic mass is 19.4. The zero-order chi connectivity index (χ0) is 11.5. The van der Waals surface area contributed by atoms with Gasteiger partial charge in [0.05, 0.1) is 5.92 Å². The third-order valence-corrected chi connectivity index (χ3v) is 1.76. The molecule has 0 amide bonds. The molecule has 2 atom stereocenters. The molecule has 6 heteroatoms. The fourth-order valence-electron chi connectivity index (χ4n) is 1.10. The summed E-state index contributed by atoms with van der Waals surface area (Å²) >= 11 is 0.